The first kappa shape index (κ1) is 12.3. The molecule has 0 bridgehead atoms. The normalized spacial score (nSPS) is 12.4. The van der Waals surface area contributed by atoms with Gasteiger partial charge in [-0.2, -0.15) is 0 Å². The van der Waals surface area contributed by atoms with Crippen molar-refractivity contribution in [3.63, 3.8) is 0 Å². The minimum absolute atomic E-state index is 0.254. The summed E-state index contributed by atoms with van der Waals surface area (Å²) in [5.74, 6) is 0.254. The number of aromatic nitrogens is 1. The van der Waals surface area contributed by atoms with Crippen LogP contribution in [0.1, 0.15) is 5.69 Å². The summed E-state index contributed by atoms with van der Waals surface area (Å²) in [6.07, 6.45) is 1.79. The van der Waals surface area contributed by atoms with E-state index in [2.05, 4.69) is 4.98 Å². The number of ether oxygens (including phenoxy) is 1. The topological polar surface area (TPSA) is 78.7 Å². The number of nitrogens with zero attached hydrogens (tertiary/aromatic N) is 1. The first-order valence-corrected chi connectivity index (χ1v) is 5.11. The summed E-state index contributed by atoms with van der Waals surface area (Å²) in [6.45, 7) is 1.32. The van der Waals surface area contributed by atoms with Crippen molar-refractivity contribution in [3.8, 4) is 0 Å². The first-order valence-electron chi connectivity index (χ1n) is 5.11. The molecule has 0 saturated heterocycles. The lowest BCUT2D eigenvalue weighted by Gasteiger charge is -2.11. The monoisotopic (exact) mass is 223 g/mol. The number of hydrogen-bond acceptors (Lipinski definition) is 4. The number of H-pyrrole nitrogens is 1. The summed E-state index contributed by atoms with van der Waals surface area (Å²) >= 11 is 0. The number of likely N-dealkylation sites (N-methyl/N-ethyl adjacent to an activating group) is 1. The average Bonchev–Trinajstić information content (AvgIpc) is 2.28. The SMILES string of the molecule is CN(C)CCOC(N)=C(N)c1cccc[nH+]1. The predicted octanol–water partition coefficient (Wildman–Crippen LogP) is -0.378. The standard InChI is InChI=1S/C11H18N4O/c1-15(2)7-8-16-11(13)10(12)9-5-3-4-6-14-9/h3-6H,7-8,12-13H2,1-2H3/p+1. The van der Waals surface area contributed by atoms with Gasteiger partial charge in [-0.05, 0) is 20.2 Å². The molecule has 5 N–H and O–H groups in total. The number of nitrogens with two attached hydrogens (primary N) is 2. The van der Waals surface area contributed by atoms with Gasteiger partial charge in [0.15, 0.2) is 11.9 Å². The van der Waals surface area contributed by atoms with Crippen LogP contribution in [0, 0.1) is 0 Å². The summed E-state index contributed by atoms with van der Waals surface area (Å²) in [5.41, 5.74) is 12.8. The molecule has 0 spiro atoms. The molecule has 0 atom stereocenters. The second-order valence-corrected chi connectivity index (χ2v) is 3.71. The summed E-state index contributed by atoms with van der Waals surface area (Å²) in [6, 6.07) is 5.60. The van der Waals surface area contributed by atoms with Gasteiger partial charge in [0.1, 0.15) is 6.61 Å². The third-order valence-corrected chi connectivity index (χ3v) is 2.06. The van der Waals surface area contributed by atoms with Crippen molar-refractivity contribution in [2.75, 3.05) is 27.2 Å². The van der Waals surface area contributed by atoms with E-state index >= 15 is 0 Å². The lowest BCUT2D eigenvalue weighted by Crippen LogP contribution is -2.22. The number of rotatable bonds is 5. The Bertz CT molecular complexity index is 348. The molecule has 88 valence electrons. The van der Waals surface area contributed by atoms with Crippen LogP contribution in [0.15, 0.2) is 30.3 Å². The van der Waals surface area contributed by atoms with Crippen LogP contribution in [0.3, 0.4) is 0 Å². The molecule has 0 fully saturated rings. The molecule has 5 nitrogen and oxygen atoms in total. The molecule has 0 aromatic carbocycles. The van der Waals surface area contributed by atoms with Crippen LogP contribution in [0.4, 0.5) is 0 Å². The first-order chi connectivity index (χ1) is 7.61. The fourth-order valence-corrected chi connectivity index (χ4v) is 1.11. The molecule has 0 radical (unpaired) electrons. The zero-order valence-electron chi connectivity index (χ0n) is 9.73. The second-order valence-electron chi connectivity index (χ2n) is 3.71. The van der Waals surface area contributed by atoms with Crippen molar-refractivity contribution in [2.24, 2.45) is 11.5 Å². The number of hydrogen-bond donors (Lipinski definition) is 2. The zero-order chi connectivity index (χ0) is 12.0. The minimum Gasteiger partial charge on any atom is -0.476 e. The Balaban J connectivity index is 2.59. The van der Waals surface area contributed by atoms with Crippen molar-refractivity contribution in [3.05, 3.63) is 36.0 Å². The molecule has 1 rings (SSSR count). The van der Waals surface area contributed by atoms with E-state index in [1.807, 2.05) is 37.2 Å². The van der Waals surface area contributed by atoms with E-state index in [0.717, 1.165) is 12.2 Å². The summed E-state index contributed by atoms with van der Waals surface area (Å²) < 4.78 is 5.34. The lowest BCUT2D eigenvalue weighted by atomic mass is 10.3. The largest absolute Gasteiger partial charge is 0.476 e. The average molecular weight is 223 g/mol. The zero-order valence-corrected chi connectivity index (χ0v) is 9.73. The molecule has 0 aliphatic rings. The van der Waals surface area contributed by atoms with E-state index in [1.54, 1.807) is 6.20 Å². The van der Waals surface area contributed by atoms with Gasteiger partial charge in [0.05, 0.1) is 0 Å². The Kier molecular flexibility index (Phi) is 4.60. The molecule has 0 aliphatic heterocycles. The Morgan fingerprint density at radius 3 is 2.69 bits per heavy atom. The maximum Gasteiger partial charge on any atom is 0.232 e. The van der Waals surface area contributed by atoms with Gasteiger partial charge in [0.25, 0.3) is 0 Å². The van der Waals surface area contributed by atoms with Gasteiger partial charge in [-0.1, -0.05) is 0 Å². The Morgan fingerprint density at radius 2 is 2.12 bits per heavy atom. The number of nitrogens with one attached hydrogen (secondary N) is 1. The van der Waals surface area contributed by atoms with E-state index in [-0.39, 0.29) is 5.88 Å². The summed E-state index contributed by atoms with van der Waals surface area (Å²) in [4.78, 5) is 5.01. The molecule has 5 heteroatoms. The van der Waals surface area contributed by atoms with Gasteiger partial charge in [-0.25, -0.2) is 4.98 Å². The van der Waals surface area contributed by atoms with Crippen LogP contribution < -0.4 is 16.5 Å². The number of aromatic amines is 1. The van der Waals surface area contributed by atoms with Crippen LogP contribution in [-0.2, 0) is 4.74 Å². The Morgan fingerprint density at radius 1 is 1.38 bits per heavy atom. The minimum atomic E-state index is 0.254. The van der Waals surface area contributed by atoms with E-state index in [0.29, 0.717) is 12.3 Å². The van der Waals surface area contributed by atoms with Crippen molar-refractivity contribution < 1.29 is 9.72 Å². The fraction of sp³-hybridized carbons (Fsp3) is 0.364. The highest BCUT2D eigenvalue weighted by molar-refractivity contribution is 5.58. The van der Waals surface area contributed by atoms with E-state index in [9.17, 15) is 0 Å². The van der Waals surface area contributed by atoms with E-state index < -0.39 is 0 Å². The van der Waals surface area contributed by atoms with Gasteiger partial charge in [-0.15, -0.1) is 0 Å². The van der Waals surface area contributed by atoms with Gasteiger partial charge < -0.3 is 21.1 Å². The number of pyridine rings is 1. The Labute approximate surface area is 95.7 Å². The predicted molar refractivity (Wildman–Crippen MR) is 62.8 cm³/mol. The van der Waals surface area contributed by atoms with Crippen molar-refractivity contribution in [1.82, 2.24) is 4.90 Å². The maximum absolute atomic E-state index is 5.84. The molecule has 0 aliphatic carbocycles. The highest BCUT2D eigenvalue weighted by Gasteiger charge is 2.09. The van der Waals surface area contributed by atoms with Gasteiger partial charge in [-0.3, -0.25) is 0 Å². The van der Waals surface area contributed by atoms with Crippen LogP contribution in [0.5, 0.6) is 0 Å². The van der Waals surface area contributed by atoms with Crippen molar-refractivity contribution >= 4 is 5.70 Å². The summed E-state index contributed by atoms with van der Waals surface area (Å²) in [7, 11) is 3.94. The third kappa shape index (κ3) is 3.78. The lowest BCUT2D eigenvalue weighted by molar-refractivity contribution is -0.382. The second kappa shape index (κ2) is 5.97. The van der Waals surface area contributed by atoms with Crippen molar-refractivity contribution in [1.29, 1.82) is 0 Å². The smallest absolute Gasteiger partial charge is 0.232 e. The summed E-state index contributed by atoms with van der Waals surface area (Å²) in [5, 5.41) is 0. The molecule has 1 heterocycles. The van der Waals surface area contributed by atoms with Crippen molar-refractivity contribution in [2.45, 2.75) is 0 Å². The fourth-order valence-electron chi connectivity index (χ4n) is 1.11. The van der Waals surface area contributed by atoms with Gasteiger partial charge in [0.2, 0.25) is 11.6 Å². The molecule has 1 aromatic rings. The molecular weight excluding hydrogens is 204 g/mol. The molecular formula is C11H19N4O+. The Hall–Kier alpha value is -1.75. The van der Waals surface area contributed by atoms with Crippen LogP contribution in [-0.4, -0.2) is 32.1 Å². The van der Waals surface area contributed by atoms with E-state index in [1.165, 1.54) is 0 Å². The van der Waals surface area contributed by atoms with Crippen LogP contribution in [0.2, 0.25) is 0 Å². The highest BCUT2D eigenvalue weighted by atomic mass is 16.5. The van der Waals surface area contributed by atoms with E-state index in [4.69, 9.17) is 16.2 Å². The molecule has 16 heavy (non-hydrogen) atoms. The quantitative estimate of drug-likeness (QED) is 0.667. The van der Waals surface area contributed by atoms with Gasteiger partial charge >= 0.3 is 0 Å². The van der Waals surface area contributed by atoms with Gasteiger partial charge in [0, 0.05) is 18.7 Å². The maximum atomic E-state index is 5.84. The molecule has 0 amide bonds. The molecule has 1 aromatic heterocycles. The van der Waals surface area contributed by atoms with Crippen LogP contribution in [0.25, 0.3) is 5.70 Å². The van der Waals surface area contributed by atoms with Crippen LogP contribution >= 0.6 is 0 Å². The highest BCUT2D eigenvalue weighted by Crippen LogP contribution is 2.04. The molecule has 0 saturated carbocycles. The molecule has 0 unspecified atom stereocenters. The third-order valence-electron chi connectivity index (χ3n) is 2.06.